The maximum atomic E-state index is 10.8. The first-order valence-electron chi connectivity index (χ1n) is 3.38. The second-order valence-corrected chi connectivity index (χ2v) is 2.51. The van der Waals surface area contributed by atoms with Crippen molar-refractivity contribution in [2.75, 3.05) is 0 Å². The lowest BCUT2D eigenvalue weighted by atomic mass is 9.95. The SMILES string of the molecule is O=C1CCCC[C@@H]1[N+](=O)[O-]. The van der Waals surface area contributed by atoms with Crippen molar-refractivity contribution in [3.05, 3.63) is 10.1 Å². The third-order valence-electron chi connectivity index (χ3n) is 1.78. The Morgan fingerprint density at radius 1 is 1.50 bits per heavy atom. The molecule has 0 aromatic heterocycles. The molecule has 1 rings (SSSR count). The van der Waals surface area contributed by atoms with E-state index in [1.54, 1.807) is 0 Å². The molecule has 0 amide bonds. The molecule has 0 aromatic carbocycles. The van der Waals surface area contributed by atoms with Crippen LogP contribution in [0.1, 0.15) is 25.7 Å². The van der Waals surface area contributed by atoms with E-state index in [2.05, 4.69) is 0 Å². The highest BCUT2D eigenvalue weighted by molar-refractivity contribution is 5.83. The molecule has 4 nitrogen and oxygen atoms in total. The van der Waals surface area contributed by atoms with Gasteiger partial charge in [0, 0.05) is 17.8 Å². The number of nitrogens with zero attached hydrogens (tertiary/aromatic N) is 1. The fourth-order valence-electron chi connectivity index (χ4n) is 1.19. The Balaban J connectivity index is 2.56. The molecule has 0 radical (unpaired) electrons. The topological polar surface area (TPSA) is 60.2 Å². The van der Waals surface area contributed by atoms with E-state index in [0.29, 0.717) is 12.8 Å². The molecule has 0 heterocycles. The summed E-state index contributed by atoms with van der Waals surface area (Å²) in [5.74, 6) is -0.198. The third kappa shape index (κ3) is 1.32. The quantitative estimate of drug-likeness (QED) is 0.402. The summed E-state index contributed by atoms with van der Waals surface area (Å²) < 4.78 is 0. The molecule has 0 N–H and O–H groups in total. The standard InChI is InChI=1S/C6H9NO3/c8-6-4-2-1-3-5(6)7(9)10/h5H,1-4H2/t5-/m0/s1. The summed E-state index contributed by atoms with van der Waals surface area (Å²) in [6.07, 6.45) is 2.47. The molecule has 0 saturated heterocycles. The molecule has 1 aliphatic carbocycles. The van der Waals surface area contributed by atoms with Crippen molar-refractivity contribution in [1.82, 2.24) is 0 Å². The Labute approximate surface area is 58.4 Å². The van der Waals surface area contributed by atoms with Gasteiger partial charge in [0.05, 0.1) is 0 Å². The van der Waals surface area contributed by atoms with Crippen molar-refractivity contribution < 1.29 is 9.72 Å². The molecule has 0 spiro atoms. The second-order valence-electron chi connectivity index (χ2n) is 2.51. The van der Waals surface area contributed by atoms with Crippen molar-refractivity contribution in [3.8, 4) is 0 Å². The van der Waals surface area contributed by atoms with E-state index in [4.69, 9.17) is 0 Å². The van der Waals surface area contributed by atoms with E-state index < -0.39 is 11.0 Å². The van der Waals surface area contributed by atoms with Gasteiger partial charge in [-0.05, 0) is 12.8 Å². The Morgan fingerprint density at radius 3 is 2.60 bits per heavy atom. The van der Waals surface area contributed by atoms with Crippen molar-refractivity contribution in [3.63, 3.8) is 0 Å². The maximum Gasteiger partial charge on any atom is 0.270 e. The average Bonchev–Trinajstić information content (AvgIpc) is 1.88. The van der Waals surface area contributed by atoms with Gasteiger partial charge in [-0.2, -0.15) is 0 Å². The average molecular weight is 143 g/mol. The lowest BCUT2D eigenvalue weighted by Crippen LogP contribution is -2.32. The predicted molar refractivity (Wildman–Crippen MR) is 34.3 cm³/mol. The number of ketones is 1. The summed E-state index contributed by atoms with van der Waals surface area (Å²) in [5.41, 5.74) is 0. The normalized spacial score (nSPS) is 26.4. The maximum absolute atomic E-state index is 10.8. The molecule has 0 aromatic rings. The largest absolute Gasteiger partial charge is 0.292 e. The van der Waals surface area contributed by atoms with Gasteiger partial charge >= 0.3 is 0 Å². The summed E-state index contributed by atoms with van der Waals surface area (Å²) in [6, 6.07) is -0.895. The minimum absolute atomic E-state index is 0.198. The molecule has 0 unspecified atom stereocenters. The van der Waals surface area contributed by atoms with E-state index in [1.165, 1.54) is 0 Å². The van der Waals surface area contributed by atoms with Gasteiger partial charge in [-0.15, -0.1) is 0 Å². The Kier molecular flexibility index (Phi) is 1.99. The molecule has 1 aliphatic rings. The van der Waals surface area contributed by atoms with Crippen molar-refractivity contribution in [2.24, 2.45) is 0 Å². The van der Waals surface area contributed by atoms with Gasteiger partial charge in [0.2, 0.25) is 5.78 Å². The highest BCUT2D eigenvalue weighted by Crippen LogP contribution is 2.16. The van der Waals surface area contributed by atoms with Crippen LogP contribution in [0.5, 0.6) is 0 Å². The second kappa shape index (κ2) is 2.77. The lowest BCUT2D eigenvalue weighted by Gasteiger charge is -2.12. The Morgan fingerprint density at radius 2 is 2.20 bits per heavy atom. The minimum Gasteiger partial charge on any atom is -0.292 e. The molecule has 1 fully saturated rings. The minimum atomic E-state index is -0.895. The molecule has 0 aliphatic heterocycles. The van der Waals surface area contributed by atoms with Crippen LogP contribution in [0.2, 0.25) is 0 Å². The zero-order chi connectivity index (χ0) is 7.56. The first-order chi connectivity index (χ1) is 4.72. The summed E-state index contributed by atoms with van der Waals surface area (Å²) in [6.45, 7) is 0. The number of carbonyl (C=O) groups is 1. The van der Waals surface area contributed by atoms with E-state index in [1.807, 2.05) is 0 Å². The molecule has 0 bridgehead atoms. The zero-order valence-electron chi connectivity index (χ0n) is 5.58. The smallest absolute Gasteiger partial charge is 0.270 e. The molecule has 4 heteroatoms. The van der Waals surface area contributed by atoms with E-state index >= 15 is 0 Å². The summed E-state index contributed by atoms with van der Waals surface area (Å²) in [5, 5.41) is 10.1. The summed E-state index contributed by atoms with van der Waals surface area (Å²) in [7, 11) is 0. The van der Waals surface area contributed by atoms with Crippen LogP contribution < -0.4 is 0 Å². The van der Waals surface area contributed by atoms with Gasteiger partial charge in [-0.1, -0.05) is 0 Å². The number of rotatable bonds is 1. The number of carbonyl (C=O) groups excluding carboxylic acids is 1. The fraction of sp³-hybridized carbons (Fsp3) is 0.833. The third-order valence-corrected chi connectivity index (χ3v) is 1.78. The molecule has 56 valence electrons. The Bertz CT molecular complexity index is 166. The van der Waals surface area contributed by atoms with E-state index in [-0.39, 0.29) is 5.78 Å². The first-order valence-corrected chi connectivity index (χ1v) is 3.38. The highest BCUT2D eigenvalue weighted by atomic mass is 16.6. The van der Waals surface area contributed by atoms with Gasteiger partial charge < -0.3 is 0 Å². The van der Waals surface area contributed by atoms with E-state index in [9.17, 15) is 14.9 Å². The number of Topliss-reactive ketones (excluding diaryl/α,β-unsaturated/α-hetero) is 1. The summed E-state index contributed by atoms with van der Waals surface area (Å²) >= 11 is 0. The Hall–Kier alpha value is -0.930. The van der Waals surface area contributed by atoms with E-state index in [0.717, 1.165) is 12.8 Å². The van der Waals surface area contributed by atoms with Crippen LogP contribution in [0.3, 0.4) is 0 Å². The number of nitro groups is 1. The van der Waals surface area contributed by atoms with Gasteiger partial charge in [0.15, 0.2) is 0 Å². The number of hydrogen-bond acceptors (Lipinski definition) is 3. The molecule has 1 saturated carbocycles. The van der Waals surface area contributed by atoms with Crippen molar-refractivity contribution in [1.29, 1.82) is 0 Å². The lowest BCUT2D eigenvalue weighted by molar-refractivity contribution is -0.509. The van der Waals surface area contributed by atoms with Crippen LogP contribution >= 0.6 is 0 Å². The van der Waals surface area contributed by atoms with Crippen LogP contribution in [0.15, 0.2) is 0 Å². The summed E-state index contributed by atoms with van der Waals surface area (Å²) in [4.78, 5) is 20.5. The molecule has 1 atom stereocenters. The monoisotopic (exact) mass is 143 g/mol. The van der Waals surface area contributed by atoms with Crippen LogP contribution in [-0.4, -0.2) is 16.7 Å². The molecular weight excluding hydrogens is 134 g/mol. The molecular formula is C6H9NO3. The van der Waals surface area contributed by atoms with Gasteiger partial charge in [0.25, 0.3) is 6.04 Å². The number of hydrogen-bond donors (Lipinski definition) is 0. The van der Waals surface area contributed by atoms with Crippen LogP contribution in [0, 0.1) is 10.1 Å². The molecule has 10 heavy (non-hydrogen) atoms. The van der Waals surface area contributed by atoms with Gasteiger partial charge in [0.1, 0.15) is 0 Å². The van der Waals surface area contributed by atoms with Crippen LogP contribution in [0.25, 0.3) is 0 Å². The fourth-order valence-corrected chi connectivity index (χ4v) is 1.19. The zero-order valence-corrected chi connectivity index (χ0v) is 5.58. The van der Waals surface area contributed by atoms with Crippen LogP contribution in [0.4, 0.5) is 0 Å². The first kappa shape index (κ1) is 7.18. The van der Waals surface area contributed by atoms with Gasteiger partial charge in [-0.3, -0.25) is 14.9 Å². The van der Waals surface area contributed by atoms with Crippen LogP contribution in [-0.2, 0) is 4.79 Å². The highest BCUT2D eigenvalue weighted by Gasteiger charge is 2.31. The van der Waals surface area contributed by atoms with Gasteiger partial charge in [-0.25, -0.2) is 0 Å². The van der Waals surface area contributed by atoms with Crippen molar-refractivity contribution in [2.45, 2.75) is 31.7 Å². The van der Waals surface area contributed by atoms with Crippen molar-refractivity contribution >= 4 is 5.78 Å². The predicted octanol–water partition coefficient (Wildman–Crippen LogP) is 0.775.